The van der Waals surface area contributed by atoms with Crippen molar-refractivity contribution in [2.75, 3.05) is 0 Å². The van der Waals surface area contributed by atoms with Crippen LogP contribution in [0.3, 0.4) is 0 Å². The number of furan rings is 1. The third-order valence-electron chi connectivity index (χ3n) is 2.52. The fourth-order valence-corrected chi connectivity index (χ4v) is 1.74. The molecule has 0 radical (unpaired) electrons. The van der Waals surface area contributed by atoms with E-state index in [4.69, 9.17) is 9.15 Å². The van der Waals surface area contributed by atoms with Gasteiger partial charge in [0.25, 0.3) is 0 Å². The Labute approximate surface area is 83.0 Å². The van der Waals surface area contributed by atoms with Crippen molar-refractivity contribution in [3.63, 3.8) is 0 Å². The van der Waals surface area contributed by atoms with Crippen LogP contribution in [0.25, 0.3) is 0 Å². The molecule has 3 heteroatoms. The zero-order chi connectivity index (χ0) is 9.97. The lowest BCUT2D eigenvalue weighted by molar-refractivity contribution is -0.129. The summed E-state index contributed by atoms with van der Waals surface area (Å²) in [5.74, 6) is 0.849. The van der Waals surface area contributed by atoms with Gasteiger partial charge in [-0.15, -0.1) is 0 Å². The largest absolute Gasteiger partial charge is 0.469 e. The Hall–Kier alpha value is -1.09. The molecule has 0 aromatic carbocycles. The molecular formula is C11H14O3. The second-order valence-corrected chi connectivity index (χ2v) is 3.74. The smallest absolute Gasteiger partial charge is 0.169 e. The lowest BCUT2D eigenvalue weighted by atomic mass is 10.1. The summed E-state index contributed by atoms with van der Waals surface area (Å²) in [7, 11) is 0. The molecule has 76 valence electrons. The molecule has 1 aliphatic rings. The average Bonchev–Trinajstić information content (AvgIpc) is 2.75. The van der Waals surface area contributed by atoms with E-state index in [0.717, 1.165) is 18.6 Å². The Morgan fingerprint density at radius 1 is 1.57 bits per heavy atom. The van der Waals surface area contributed by atoms with Crippen LogP contribution in [0.2, 0.25) is 0 Å². The number of ketones is 1. The molecule has 1 aliphatic heterocycles. The Balaban J connectivity index is 1.90. The van der Waals surface area contributed by atoms with E-state index in [2.05, 4.69) is 0 Å². The number of rotatable bonds is 3. The summed E-state index contributed by atoms with van der Waals surface area (Å²) < 4.78 is 10.6. The van der Waals surface area contributed by atoms with Crippen molar-refractivity contribution in [3.05, 3.63) is 24.2 Å². The maximum Gasteiger partial charge on any atom is 0.169 e. The van der Waals surface area contributed by atoms with Gasteiger partial charge in [0.05, 0.1) is 18.8 Å². The van der Waals surface area contributed by atoms with Crippen molar-refractivity contribution in [2.45, 2.75) is 38.4 Å². The fraction of sp³-hybridized carbons (Fsp3) is 0.545. The first kappa shape index (κ1) is 9.46. The topological polar surface area (TPSA) is 39.4 Å². The predicted octanol–water partition coefficient (Wildman–Crippen LogP) is 1.96. The molecule has 2 rings (SSSR count). The first-order chi connectivity index (χ1) is 6.75. The van der Waals surface area contributed by atoms with Gasteiger partial charge in [0.15, 0.2) is 5.78 Å². The second kappa shape index (κ2) is 3.96. The van der Waals surface area contributed by atoms with Crippen LogP contribution in [-0.2, 0) is 16.0 Å². The van der Waals surface area contributed by atoms with Crippen molar-refractivity contribution in [1.29, 1.82) is 0 Å². The minimum atomic E-state index is -0.213. The van der Waals surface area contributed by atoms with Crippen LogP contribution in [0.5, 0.6) is 0 Å². The molecular weight excluding hydrogens is 180 g/mol. The molecule has 3 nitrogen and oxygen atoms in total. The predicted molar refractivity (Wildman–Crippen MR) is 51.0 cm³/mol. The molecule has 2 unspecified atom stereocenters. The number of hydrogen-bond acceptors (Lipinski definition) is 3. The number of carbonyl (C=O) groups is 1. The maximum absolute atomic E-state index is 11.7. The van der Waals surface area contributed by atoms with Crippen LogP contribution < -0.4 is 0 Å². The zero-order valence-corrected chi connectivity index (χ0v) is 8.23. The van der Waals surface area contributed by atoms with Gasteiger partial charge in [-0.3, -0.25) is 4.79 Å². The Morgan fingerprint density at radius 3 is 3.00 bits per heavy atom. The Morgan fingerprint density at radius 2 is 2.43 bits per heavy atom. The van der Waals surface area contributed by atoms with Gasteiger partial charge in [0, 0.05) is 0 Å². The van der Waals surface area contributed by atoms with Crippen molar-refractivity contribution < 1.29 is 13.9 Å². The third-order valence-corrected chi connectivity index (χ3v) is 2.52. The SMILES string of the molecule is CC1CCC(C(=O)Cc2ccco2)O1. The van der Waals surface area contributed by atoms with Crippen LogP contribution in [0.15, 0.2) is 22.8 Å². The highest BCUT2D eigenvalue weighted by molar-refractivity contribution is 5.84. The molecule has 2 heterocycles. The monoisotopic (exact) mass is 194 g/mol. The Bertz CT molecular complexity index is 302. The number of ether oxygens (including phenoxy) is 1. The standard InChI is InChI=1S/C11H14O3/c1-8-4-5-11(14-8)10(12)7-9-3-2-6-13-9/h2-3,6,8,11H,4-5,7H2,1H3. The average molecular weight is 194 g/mol. The van der Waals surface area contributed by atoms with Crippen molar-refractivity contribution in [3.8, 4) is 0 Å². The molecule has 0 bridgehead atoms. The number of carbonyl (C=O) groups excluding carboxylic acids is 1. The number of hydrogen-bond donors (Lipinski definition) is 0. The highest BCUT2D eigenvalue weighted by Crippen LogP contribution is 2.20. The molecule has 1 aromatic rings. The van der Waals surface area contributed by atoms with E-state index in [9.17, 15) is 4.79 Å². The quantitative estimate of drug-likeness (QED) is 0.738. The van der Waals surface area contributed by atoms with Gasteiger partial charge in [0.2, 0.25) is 0 Å². The van der Waals surface area contributed by atoms with Crippen LogP contribution in [0.1, 0.15) is 25.5 Å². The van der Waals surface area contributed by atoms with Crippen LogP contribution in [0.4, 0.5) is 0 Å². The molecule has 1 aromatic heterocycles. The first-order valence-corrected chi connectivity index (χ1v) is 4.96. The van der Waals surface area contributed by atoms with E-state index < -0.39 is 0 Å². The second-order valence-electron chi connectivity index (χ2n) is 3.74. The molecule has 2 atom stereocenters. The summed E-state index contributed by atoms with van der Waals surface area (Å²) in [6.07, 6.45) is 3.77. The molecule has 0 aliphatic carbocycles. The summed E-state index contributed by atoms with van der Waals surface area (Å²) in [6.45, 7) is 2.00. The van der Waals surface area contributed by atoms with E-state index in [1.54, 1.807) is 12.3 Å². The summed E-state index contributed by atoms with van der Waals surface area (Å²) in [5, 5.41) is 0. The molecule has 14 heavy (non-hydrogen) atoms. The van der Waals surface area contributed by atoms with Crippen LogP contribution in [0, 0.1) is 0 Å². The summed E-state index contributed by atoms with van der Waals surface area (Å²) in [5.41, 5.74) is 0. The van der Waals surface area contributed by atoms with Crippen LogP contribution >= 0.6 is 0 Å². The maximum atomic E-state index is 11.7. The molecule has 0 N–H and O–H groups in total. The zero-order valence-electron chi connectivity index (χ0n) is 8.23. The van der Waals surface area contributed by atoms with Gasteiger partial charge in [-0.05, 0) is 31.9 Å². The minimum absolute atomic E-state index is 0.129. The van der Waals surface area contributed by atoms with Gasteiger partial charge in [-0.1, -0.05) is 0 Å². The molecule has 0 saturated carbocycles. The highest BCUT2D eigenvalue weighted by atomic mass is 16.5. The summed E-state index contributed by atoms with van der Waals surface area (Å²) >= 11 is 0. The van der Waals surface area contributed by atoms with E-state index in [1.165, 1.54) is 0 Å². The van der Waals surface area contributed by atoms with Gasteiger partial charge in [-0.2, -0.15) is 0 Å². The first-order valence-electron chi connectivity index (χ1n) is 4.96. The van der Waals surface area contributed by atoms with E-state index in [1.807, 2.05) is 13.0 Å². The fourth-order valence-electron chi connectivity index (χ4n) is 1.74. The molecule has 0 spiro atoms. The Kier molecular flexibility index (Phi) is 2.68. The third kappa shape index (κ3) is 2.04. The highest BCUT2D eigenvalue weighted by Gasteiger charge is 2.28. The van der Waals surface area contributed by atoms with E-state index in [0.29, 0.717) is 6.42 Å². The normalized spacial score (nSPS) is 26.6. The van der Waals surface area contributed by atoms with Crippen molar-refractivity contribution in [2.24, 2.45) is 0 Å². The lowest BCUT2D eigenvalue weighted by Gasteiger charge is -2.08. The van der Waals surface area contributed by atoms with Gasteiger partial charge >= 0.3 is 0 Å². The van der Waals surface area contributed by atoms with Gasteiger partial charge < -0.3 is 9.15 Å². The summed E-state index contributed by atoms with van der Waals surface area (Å²) in [6, 6.07) is 3.61. The molecule has 0 amide bonds. The lowest BCUT2D eigenvalue weighted by Crippen LogP contribution is -2.22. The van der Waals surface area contributed by atoms with Gasteiger partial charge in [0.1, 0.15) is 11.9 Å². The van der Waals surface area contributed by atoms with Gasteiger partial charge in [-0.25, -0.2) is 0 Å². The van der Waals surface area contributed by atoms with E-state index >= 15 is 0 Å². The summed E-state index contributed by atoms with van der Waals surface area (Å²) in [4.78, 5) is 11.7. The van der Waals surface area contributed by atoms with Crippen LogP contribution in [-0.4, -0.2) is 18.0 Å². The van der Waals surface area contributed by atoms with E-state index in [-0.39, 0.29) is 18.0 Å². The number of Topliss-reactive ketones (excluding diaryl/α,β-unsaturated/α-hetero) is 1. The molecule has 1 saturated heterocycles. The minimum Gasteiger partial charge on any atom is -0.469 e. The molecule has 1 fully saturated rings. The van der Waals surface area contributed by atoms with Crippen molar-refractivity contribution >= 4 is 5.78 Å². The van der Waals surface area contributed by atoms with Crippen molar-refractivity contribution in [1.82, 2.24) is 0 Å².